The molecule has 4 heteroatoms. The molecule has 302 valence electrons. The minimum Gasteiger partial charge on any atom is -0.455 e. The summed E-state index contributed by atoms with van der Waals surface area (Å²) < 4.78 is 6.61. The lowest BCUT2D eigenvalue weighted by Gasteiger charge is -2.23. The molecule has 3 aromatic heterocycles. The second kappa shape index (κ2) is 15.0. The van der Waals surface area contributed by atoms with Gasteiger partial charge in [-0.3, -0.25) is 4.98 Å². The van der Waals surface area contributed by atoms with Crippen molar-refractivity contribution >= 4 is 21.9 Å². The van der Waals surface area contributed by atoms with Crippen molar-refractivity contribution in [2.45, 2.75) is 19.3 Å². The van der Waals surface area contributed by atoms with Crippen molar-refractivity contribution in [3.05, 3.63) is 224 Å². The van der Waals surface area contributed by atoms with Crippen LogP contribution in [0.5, 0.6) is 0 Å². The summed E-state index contributed by atoms with van der Waals surface area (Å²) >= 11 is 0. The molecule has 12 rings (SSSR count). The van der Waals surface area contributed by atoms with Gasteiger partial charge in [0.05, 0.1) is 11.4 Å². The first-order valence-electron chi connectivity index (χ1n) is 21.8. The SMILES string of the molecule is CC1(C)c2ccccc2-c2c1ccc(-c1ccccc1-c1cc(-c3cc(-c4ccccc4)cc(-c4cccc5c4oc4ccccc45)c3)nc(-c3ccccc3)n1)c2-c1cccnc1. The van der Waals surface area contributed by atoms with Crippen LogP contribution in [-0.2, 0) is 5.41 Å². The molecule has 1 aliphatic rings. The summed E-state index contributed by atoms with van der Waals surface area (Å²) in [5, 5.41) is 2.20. The Morgan fingerprint density at radius 3 is 1.84 bits per heavy atom. The summed E-state index contributed by atoms with van der Waals surface area (Å²) in [5.41, 5.74) is 20.1. The number of nitrogens with zero attached hydrogens (tertiary/aromatic N) is 3. The highest BCUT2D eigenvalue weighted by molar-refractivity contribution is 6.10. The third-order valence-corrected chi connectivity index (χ3v) is 13.0. The maximum atomic E-state index is 6.61. The van der Waals surface area contributed by atoms with Crippen LogP contribution < -0.4 is 0 Å². The van der Waals surface area contributed by atoms with Crippen molar-refractivity contribution in [2.75, 3.05) is 0 Å². The van der Waals surface area contributed by atoms with Gasteiger partial charge in [-0.2, -0.15) is 0 Å². The van der Waals surface area contributed by atoms with Gasteiger partial charge in [-0.1, -0.05) is 178 Å². The summed E-state index contributed by atoms with van der Waals surface area (Å²) in [5.74, 6) is 0.658. The predicted molar refractivity (Wildman–Crippen MR) is 263 cm³/mol. The first kappa shape index (κ1) is 37.5. The fourth-order valence-electron chi connectivity index (χ4n) is 9.92. The van der Waals surface area contributed by atoms with Gasteiger partial charge in [0, 0.05) is 56.4 Å². The topological polar surface area (TPSA) is 51.8 Å². The Bertz CT molecular complexity index is 3570. The number of pyridine rings is 1. The molecule has 0 fully saturated rings. The summed E-state index contributed by atoms with van der Waals surface area (Å²) in [4.78, 5) is 15.4. The molecule has 0 amide bonds. The number of hydrogen-bond donors (Lipinski definition) is 0. The van der Waals surface area contributed by atoms with Crippen molar-refractivity contribution in [2.24, 2.45) is 0 Å². The molecule has 0 aliphatic heterocycles. The molecular weight excluding hydrogens is 779 g/mol. The highest BCUT2D eigenvalue weighted by Crippen LogP contribution is 2.55. The van der Waals surface area contributed by atoms with E-state index in [2.05, 4.69) is 183 Å². The Morgan fingerprint density at radius 1 is 0.391 bits per heavy atom. The fourth-order valence-corrected chi connectivity index (χ4v) is 9.92. The number of fused-ring (bicyclic) bond motifs is 6. The Balaban J connectivity index is 1.10. The lowest BCUT2D eigenvalue weighted by Crippen LogP contribution is -2.14. The number of rotatable bonds is 7. The van der Waals surface area contributed by atoms with Gasteiger partial charge in [-0.15, -0.1) is 0 Å². The Morgan fingerprint density at radius 2 is 1.03 bits per heavy atom. The van der Waals surface area contributed by atoms with Gasteiger partial charge >= 0.3 is 0 Å². The van der Waals surface area contributed by atoms with E-state index < -0.39 is 0 Å². The molecule has 64 heavy (non-hydrogen) atoms. The van der Waals surface area contributed by atoms with Crippen LogP contribution >= 0.6 is 0 Å². The molecule has 0 saturated heterocycles. The quantitative estimate of drug-likeness (QED) is 0.161. The summed E-state index contributed by atoms with van der Waals surface area (Å²) in [6.07, 6.45) is 3.84. The van der Waals surface area contributed by atoms with E-state index in [4.69, 9.17) is 14.4 Å². The molecule has 4 nitrogen and oxygen atoms in total. The van der Waals surface area contributed by atoms with Crippen LogP contribution in [0.25, 0.3) is 111 Å². The molecule has 11 aromatic rings. The maximum absolute atomic E-state index is 6.61. The smallest absolute Gasteiger partial charge is 0.160 e. The molecule has 1 aliphatic carbocycles. The van der Waals surface area contributed by atoms with E-state index in [0.29, 0.717) is 5.82 Å². The zero-order valence-electron chi connectivity index (χ0n) is 35.5. The van der Waals surface area contributed by atoms with E-state index >= 15 is 0 Å². The lowest BCUT2D eigenvalue weighted by atomic mass is 9.80. The molecule has 0 unspecified atom stereocenters. The number of aromatic nitrogens is 3. The van der Waals surface area contributed by atoms with Crippen LogP contribution in [0.2, 0.25) is 0 Å². The molecule has 0 saturated carbocycles. The van der Waals surface area contributed by atoms with Crippen LogP contribution in [0, 0.1) is 0 Å². The van der Waals surface area contributed by atoms with Gasteiger partial charge in [0.2, 0.25) is 0 Å². The molecule has 3 heterocycles. The standard InChI is InChI=1S/C60H41N3O/c1-60(2)51-28-13-11-25-50(51)57-52(60)31-30-48(56(57)40-21-16-32-61-37-40)45-22-9-10-23-46(45)54-36-53(62-59(63-54)39-19-7-4-8-20-39)43-34-41(38-17-5-3-6-18-38)33-42(35-43)44-26-15-27-49-47-24-12-14-29-55(47)64-58(44)49/h3-37H,1-2H3. The van der Waals surface area contributed by atoms with E-state index in [-0.39, 0.29) is 5.41 Å². The van der Waals surface area contributed by atoms with Crippen molar-refractivity contribution in [1.29, 1.82) is 0 Å². The number of para-hydroxylation sites is 2. The van der Waals surface area contributed by atoms with Gasteiger partial charge in [0.1, 0.15) is 11.2 Å². The zero-order chi connectivity index (χ0) is 42.8. The van der Waals surface area contributed by atoms with Crippen LogP contribution in [0.15, 0.2) is 217 Å². The third-order valence-electron chi connectivity index (χ3n) is 13.0. The number of furan rings is 1. The Kier molecular flexibility index (Phi) is 8.80. The van der Waals surface area contributed by atoms with Gasteiger partial charge in [0.15, 0.2) is 5.82 Å². The predicted octanol–water partition coefficient (Wildman–Crippen LogP) is 15.7. The molecule has 0 atom stereocenters. The average molecular weight is 820 g/mol. The van der Waals surface area contributed by atoms with Crippen molar-refractivity contribution < 1.29 is 4.42 Å². The van der Waals surface area contributed by atoms with E-state index in [0.717, 1.165) is 89.0 Å². The highest BCUT2D eigenvalue weighted by Gasteiger charge is 2.38. The first-order valence-corrected chi connectivity index (χ1v) is 21.8. The summed E-state index contributed by atoms with van der Waals surface area (Å²) in [6.45, 7) is 4.67. The minimum atomic E-state index is -0.157. The molecule has 8 aromatic carbocycles. The second-order valence-electron chi connectivity index (χ2n) is 17.1. The zero-order valence-corrected chi connectivity index (χ0v) is 35.5. The minimum absolute atomic E-state index is 0.157. The van der Waals surface area contributed by atoms with Crippen molar-refractivity contribution in [3.8, 4) is 89.5 Å². The van der Waals surface area contributed by atoms with Crippen LogP contribution in [0.1, 0.15) is 25.0 Å². The highest BCUT2D eigenvalue weighted by atomic mass is 16.3. The van der Waals surface area contributed by atoms with Gasteiger partial charge in [-0.25, -0.2) is 9.97 Å². The number of benzene rings is 8. The summed E-state index contributed by atoms with van der Waals surface area (Å²) in [6, 6.07) is 70.9. The lowest BCUT2D eigenvalue weighted by molar-refractivity contribution is 0.660. The third kappa shape index (κ3) is 6.18. The Labute approximate surface area is 372 Å². The van der Waals surface area contributed by atoms with E-state index in [1.54, 1.807) is 0 Å². The second-order valence-corrected chi connectivity index (χ2v) is 17.1. The molecule has 0 spiro atoms. The summed E-state index contributed by atoms with van der Waals surface area (Å²) in [7, 11) is 0. The van der Waals surface area contributed by atoms with Gasteiger partial charge in [0.25, 0.3) is 0 Å². The Hall–Kier alpha value is -8.21. The van der Waals surface area contributed by atoms with Gasteiger partial charge < -0.3 is 4.42 Å². The normalized spacial score (nSPS) is 12.7. The molecule has 0 N–H and O–H groups in total. The van der Waals surface area contributed by atoms with Crippen molar-refractivity contribution in [3.63, 3.8) is 0 Å². The van der Waals surface area contributed by atoms with Gasteiger partial charge in [-0.05, 0) is 92.0 Å². The first-order chi connectivity index (χ1) is 31.5. The largest absolute Gasteiger partial charge is 0.455 e. The molecular formula is C60H41N3O. The van der Waals surface area contributed by atoms with E-state index in [1.165, 1.54) is 27.8 Å². The van der Waals surface area contributed by atoms with Crippen LogP contribution in [0.3, 0.4) is 0 Å². The van der Waals surface area contributed by atoms with Crippen LogP contribution in [0.4, 0.5) is 0 Å². The number of hydrogen-bond acceptors (Lipinski definition) is 4. The fraction of sp³-hybridized carbons (Fsp3) is 0.0500. The molecule has 0 radical (unpaired) electrons. The monoisotopic (exact) mass is 819 g/mol. The average Bonchev–Trinajstić information content (AvgIpc) is 3.86. The van der Waals surface area contributed by atoms with E-state index in [9.17, 15) is 0 Å². The van der Waals surface area contributed by atoms with E-state index in [1.807, 2.05) is 48.8 Å². The van der Waals surface area contributed by atoms with Crippen LogP contribution in [-0.4, -0.2) is 15.0 Å². The maximum Gasteiger partial charge on any atom is 0.160 e. The van der Waals surface area contributed by atoms with Crippen molar-refractivity contribution in [1.82, 2.24) is 15.0 Å². The molecule has 0 bridgehead atoms.